The summed E-state index contributed by atoms with van der Waals surface area (Å²) >= 11 is 0. The van der Waals surface area contributed by atoms with Crippen molar-refractivity contribution in [3.63, 3.8) is 0 Å². The van der Waals surface area contributed by atoms with Gasteiger partial charge in [-0.05, 0) is 18.3 Å². The van der Waals surface area contributed by atoms with Crippen LogP contribution in [0.5, 0.6) is 0 Å². The van der Waals surface area contributed by atoms with Crippen LogP contribution in [-0.2, 0) is 9.53 Å². The van der Waals surface area contributed by atoms with E-state index in [9.17, 15) is 20.1 Å². The third kappa shape index (κ3) is 1.57. The van der Waals surface area contributed by atoms with E-state index in [1.807, 2.05) is 6.92 Å². The fourth-order valence-electron chi connectivity index (χ4n) is 4.79. The summed E-state index contributed by atoms with van der Waals surface area (Å²) in [6, 6.07) is 0. The fraction of sp³-hybridized carbons (Fsp3) is 0.800. The van der Waals surface area contributed by atoms with E-state index in [4.69, 9.17) is 4.74 Å². The molecule has 3 aliphatic rings. The summed E-state index contributed by atoms with van der Waals surface area (Å²) in [5, 5.41) is 31.4. The molecule has 20 heavy (non-hydrogen) atoms. The number of hydrogen-bond acceptors (Lipinski definition) is 5. The van der Waals surface area contributed by atoms with Gasteiger partial charge < -0.3 is 20.1 Å². The average molecular weight is 282 g/mol. The van der Waals surface area contributed by atoms with Crippen molar-refractivity contribution < 1.29 is 24.9 Å². The summed E-state index contributed by atoms with van der Waals surface area (Å²) in [5.41, 5.74) is -0.556. The fourth-order valence-corrected chi connectivity index (χ4v) is 4.79. The maximum Gasteiger partial charge on any atom is 0.334 e. The van der Waals surface area contributed by atoms with E-state index in [0.29, 0.717) is 6.42 Å². The summed E-state index contributed by atoms with van der Waals surface area (Å²) in [6.45, 7) is 7.53. The number of aliphatic hydroxyl groups is 3. The average Bonchev–Trinajstić information content (AvgIpc) is 2.72. The van der Waals surface area contributed by atoms with Gasteiger partial charge in [-0.1, -0.05) is 20.4 Å². The van der Waals surface area contributed by atoms with Crippen LogP contribution in [-0.4, -0.2) is 45.7 Å². The van der Waals surface area contributed by atoms with Gasteiger partial charge in [0.1, 0.15) is 6.10 Å². The largest absolute Gasteiger partial charge is 0.458 e. The molecule has 8 atom stereocenters. The Kier molecular flexibility index (Phi) is 3.01. The first kappa shape index (κ1) is 14.0. The Morgan fingerprint density at radius 2 is 1.95 bits per heavy atom. The van der Waals surface area contributed by atoms with Crippen LogP contribution in [0.4, 0.5) is 0 Å². The molecule has 0 aromatic rings. The van der Waals surface area contributed by atoms with Crippen molar-refractivity contribution in [2.45, 2.75) is 51.1 Å². The van der Waals surface area contributed by atoms with Gasteiger partial charge >= 0.3 is 5.97 Å². The van der Waals surface area contributed by atoms with Crippen LogP contribution in [0.15, 0.2) is 12.2 Å². The van der Waals surface area contributed by atoms with E-state index < -0.39 is 41.7 Å². The van der Waals surface area contributed by atoms with E-state index in [-0.39, 0.29) is 23.8 Å². The quantitative estimate of drug-likeness (QED) is 0.437. The van der Waals surface area contributed by atoms with Crippen LogP contribution in [0, 0.1) is 23.2 Å². The molecule has 5 nitrogen and oxygen atoms in total. The van der Waals surface area contributed by atoms with Gasteiger partial charge in [-0.25, -0.2) is 4.79 Å². The molecule has 0 amide bonds. The lowest BCUT2D eigenvalue weighted by Crippen LogP contribution is -2.49. The standard InChI is InChI=1S/C15H22O5/c1-6-4-9-11(7(2)14(19)20-9)13(18)15(3)10(17)5-8(16)12(6)15/h6,8-13,16-18H,2,4-5H2,1,3H3/t6-,8-,9+,10+,11-,12-,13+,15-/m1/s1. The molecule has 3 fully saturated rings. The summed E-state index contributed by atoms with van der Waals surface area (Å²) < 4.78 is 5.32. The predicted molar refractivity (Wildman–Crippen MR) is 70.5 cm³/mol. The van der Waals surface area contributed by atoms with Crippen molar-refractivity contribution in [1.29, 1.82) is 0 Å². The molecule has 0 bridgehead atoms. The molecular formula is C15H22O5. The van der Waals surface area contributed by atoms with Crippen molar-refractivity contribution >= 4 is 5.97 Å². The number of hydrogen-bond donors (Lipinski definition) is 3. The second-order valence-electron chi connectivity index (χ2n) is 6.86. The molecule has 1 heterocycles. The van der Waals surface area contributed by atoms with Gasteiger partial charge in [0.2, 0.25) is 0 Å². The first-order chi connectivity index (χ1) is 9.28. The summed E-state index contributed by atoms with van der Waals surface area (Å²) in [7, 11) is 0. The molecule has 2 aliphatic carbocycles. The predicted octanol–water partition coefficient (Wildman–Crippen LogP) is 0.233. The van der Waals surface area contributed by atoms with Gasteiger partial charge in [-0.15, -0.1) is 0 Å². The maximum atomic E-state index is 11.7. The molecule has 0 radical (unpaired) electrons. The van der Waals surface area contributed by atoms with Crippen molar-refractivity contribution in [2.24, 2.45) is 23.2 Å². The minimum atomic E-state index is -0.937. The number of fused-ring (bicyclic) bond motifs is 2. The zero-order valence-electron chi connectivity index (χ0n) is 11.8. The molecule has 5 heteroatoms. The summed E-state index contributed by atoms with van der Waals surface area (Å²) in [6.07, 6.45) is -1.92. The van der Waals surface area contributed by atoms with Gasteiger partial charge in [0, 0.05) is 17.4 Å². The van der Waals surface area contributed by atoms with Gasteiger partial charge in [0.25, 0.3) is 0 Å². The van der Waals surface area contributed by atoms with E-state index in [2.05, 4.69) is 6.58 Å². The molecule has 0 unspecified atom stereocenters. The van der Waals surface area contributed by atoms with Crippen LogP contribution in [0.25, 0.3) is 0 Å². The molecule has 1 saturated heterocycles. The highest BCUT2D eigenvalue weighted by Crippen LogP contribution is 2.56. The first-order valence-electron chi connectivity index (χ1n) is 7.22. The molecule has 1 aliphatic heterocycles. The van der Waals surface area contributed by atoms with Crippen molar-refractivity contribution in [3.8, 4) is 0 Å². The van der Waals surface area contributed by atoms with Crippen LogP contribution in [0.1, 0.15) is 26.7 Å². The maximum absolute atomic E-state index is 11.7. The van der Waals surface area contributed by atoms with Crippen LogP contribution < -0.4 is 0 Å². The topological polar surface area (TPSA) is 87.0 Å². The van der Waals surface area contributed by atoms with E-state index in [0.717, 1.165) is 0 Å². The van der Waals surface area contributed by atoms with E-state index >= 15 is 0 Å². The highest BCUT2D eigenvalue weighted by Gasteiger charge is 2.63. The lowest BCUT2D eigenvalue weighted by Gasteiger charge is -2.41. The van der Waals surface area contributed by atoms with Crippen LogP contribution in [0.3, 0.4) is 0 Å². The Hall–Kier alpha value is -0.910. The zero-order chi connectivity index (χ0) is 14.8. The molecule has 112 valence electrons. The monoisotopic (exact) mass is 282 g/mol. The van der Waals surface area contributed by atoms with Gasteiger partial charge in [-0.3, -0.25) is 0 Å². The molecule has 3 rings (SSSR count). The number of carbonyl (C=O) groups excluding carboxylic acids is 1. The third-order valence-electron chi connectivity index (χ3n) is 5.83. The normalized spacial score (nSPS) is 55.1. The van der Waals surface area contributed by atoms with Gasteiger partial charge in [0.05, 0.1) is 24.2 Å². The van der Waals surface area contributed by atoms with Crippen molar-refractivity contribution in [2.75, 3.05) is 0 Å². The number of esters is 1. The van der Waals surface area contributed by atoms with Crippen LogP contribution >= 0.6 is 0 Å². The number of ether oxygens (including phenoxy) is 1. The highest BCUT2D eigenvalue weighted by molar-refractivity contribution is 5.91. The molecular weight excluding hydrogens is 260 g/mol. The Labute approximate surface area is 118 Å². The van der Waals surface area contributed by atoms with Gasteiger partial charge in [-0.2, -0.15) is 0 Å². The smallest absolute Gasteiger partial charge is 0.334 e. The Morgan fingerprint density at radius 3 is 2.60 bits per heavy atom. The third-order valence-corrected chi connectivity index (χ3v) is 5.83. The minimum absolute atomic E-state index is 0.0514. The van der Waals surface area contributed by atoms with E-state index in [1.54, 1.807) is 6.92 Å². The number of rotatable bonds is 0. The molecule has 3 N–H and O–H groups in total. The highest BCUT2D eigenvalue weighted by atomic mass is 16.6. The van der Waals surface area contributed by atoms with E-state index in [1.165, 1.54) is 0 Å². The first-order valence-corrected chi connectivity index (χ1v) is 7.22. The molecule has 2 saturated carbocycles. The SMILES string of the molecule is C=C1C(=O)O[C@H]2C[C@@H](C)[C@@H]3[C@H](O)C[C@H](O)[C@@]3(C)[C@@H](O)[C@H]12. The van der Waals surface area contributed by atoms with Crippen LogP contribution in [0.2, 0.25) is 0 Å². The Bertz CT molecular complexity index is 461. The number of carbonyl (C=O) groups is 1. The minimum Gasteiger partial charge on any atom is -0.458 e. The van der Waals surface area contributed by atoms with Gasteiger partial charge in [0.15, 0.2) is 0 Å². The lowest BCUT2D eigenvalue weighted by atomic mass is 9.67. The number of aliphatic hydroxyl groups excluding tert-OH is 3. The summed E-state index contributed by atoms with van der Waals surface area (Å²) in [5.74, 6) is -1.10. The second kappa shape index (κ2) is 4.29. The van der Waals surface area contributed by atoms with Crippen molar-refractivity contribution in [1.82, 2.24) is 0 Å². The zero-order valence-corrected chi connectivity index (χ0v) is 11.8. The molecule has 0 aromatic carbocycles. The Balaban J connectivity index is 2.06. The molecule has 0 spiro atoms. The van der Waals surface area contributed by atoms with Crippen molar-refractivity contribution in [3.05, 3.63) is 12.2 Å². The second-order valence-corrected chi connectivity index (χ2v) is 6.86. The lowest BCUT2D eigenvalue weighted by molar-refractivity contribution is -0.140. The molecule has 0 aromatic heterocycles. The summed E-state index contributed by atoms with van der Waals surface area (Å²) in [4.78, 5) is 11.7. The Morgan fingerprint density at radius 1 is 1.30 bits per heavy atom.